The Labute approximate surface area is 169 Å². The highest BCUT2D eigenvalue weighted by Crippen LogP contribution is 2.23. The van der Waals surface area contributed by atoms with Crippen molar-refractivity contribution < 1.29 is 23.2 Å². The van der Waals surface area contributed by atoms with Crippen LogP contribution >= 0.6 is 0 Å². The summed E-state index contributed by atoms with van der Waals surface area (Å²) in [5, 5.41) is 2.70. The fourth-order valence-corrected chi connectivity index (χ4v) is 3.38. The molecule has 0 fully saturated rings. The summed E-state index contributed by atoms with van der Waals surface area (Å²) in [4.78, 5) is 45.4. The molecule has 0 radical (unpaired) electrons. The summed E-state index contributed by atoms with van der Waals surface area (Å²) >= 11 is 0. The fraction of sp³-hybridized carbons (Fsp3) is 0.143. The van der Waals surface area contributed by atoms with Crippen LogP contribution in [0.3, 0.4) is 0 Å². The van der Waals surface area contributed by atoms with E-state index in [1.807, 2.05) is 0 Å². The molecule has 0 bridgehead atoms. The second kappa shape index (κ2) is 7.86. The number of hydrogen-bond acceptors (Lipinski definition) is 4. The number of halogens is 2. The van der Waals surface area contributed by atoms with E-state index in [-0.39, 0.29) is 29.9 Å². The predicted octanol–water partition coefficient (Wildman–Crippen LogP) is 2.33. The van der Waals surface area contributed by atoms with Gasteiger partial charge in [-0.1, -0.05) is 18.2 Å². The van der Waals surface area contributed by atoms with Crippen LogP contribution in [0.5, 0.6) is 0 Å². The standard InChI is InChI=1S/C21H16F2N4O3/c22-16-6-5-12(10-17(16)23)9-13(26-19(28)18-24-7-8-25-18)11-27-20(29)14-3-1-2-4-15(14)21(27)30/h1-8,10,13H,9,11H2,(H,24,25)(H,26,28)/t13-/m0/s1. The molecule has 0 unspecified atom stereocenters. The molecule has 0 saturated carbocycles. The van der Waals surface area contributed by atoms with Crippen LogP contribution in [0.1, 0.15) is 36.9 Å². The Balaban J connectivity index is 1.58. The molecule has 0 aliphatic carbocycles. The van der Waals surface area contributed by atoms with Gasteiger partial charge in [-0.15, -0.1) is 0 Å². The Morgan fingerprint density at radius 2 is 1.77 bits per heavy atom. The molecule has 1 aliphatic heterocycles. The van der Waals surface area contributed by atoms with Crippen LogP contribution in [-0.4, -0.2) is 45.2 Å². The van der Waals surface area contributed by atoms with Crippen LogP contribution in [0.2, 0.25) is 0 Å². The lowest BCUT2D eigenvalue weighted by Crippen LogP contribution is -2.47. The van der Waals surface area contributed by atoms with E-state index in [1.165, 1.54) is 18.5 Å². The Morgan fingerprint density at radius 3 is 2.37 bits per heavy atom. The second-order valence-electron chi connectivity index (χ2n) is 6.83. The highest BCUT2D eigenvalue weighted by atomic mass is 19.2. The van der Waals surface area contributed by atoms with Crippen molar-refractivity contribution in [3.8, 4) is 0 Å². The van der Waals surface area contributed by atoms with Crippen LogP contribution in [0.15, 0.2) is 54.9 Å². The molecule has 2 heterocycles. The highest BCUT2D eigenvalue weighted by molar-refractivity contribution is 6.21. The van der Waals surface area contributed by atoms with Crippen LogP contribution in [0.4, 0.5) is 8.78 Å². The second-order valence-corrected chi connectivity index (χ2v) is 6.83. The molecule has 1 aromatic heterocycles. The fourth-order valence-electron chi connectivity index (χ4n) is 3.38. The van der Waals surface area contributed by atoms with Gasteiger partial charge in [0.25, 0.3) is 17.7 Å². The van der Waals surface area contributed by atoms with Gasteiger partial charge < -0.3 is 10.3 Å². The lowest BCUT2D eigenvalue weighted by Gasteiger charge is -2.23. The summed E-state index contributed by atoms with van der Waals surface area (Å²) in [6.07, 6.45) is 2.95. The number of nitrogens with one attached hydrogen (secondary N) is 2. The maximum absolute atomic E-state index is 13.6. The lowest BCUT2D eigenvalue weighted by atomic mass is 10.0. The normalized spacial score (nSPS) is 14.0. The predicted molar refractivity (Wildman–Crippen MR) is 102 cm³/mol. The van der Waals surface area contributed by atoms with E-state index < -0.39 is 35.4 Å². The third-order valence-electron chi connectivity index (χ3n) is 4.80. The third kappa shape index (κ3) is 3.69. The van der Waals surface area contributed by atoms with Gasteiger partial charge in [0.1, 0.15) is 0 Å². The van der Waals surface area contributed by atoms with E-state index in [0.29, 0.717) is 5.56 Å². The summed E-state index contributed by atoms with van der Waals surface area (Å²) in [6.45, 7) is -0.141. The molecular weight excluding hydrogens is 394 g/mol. The van der Waals surface area contributed by atoms with E-state index in [4.69, 9.17) is 0 Å². The van der Waals surface area contributed by atoms with E-state index in [1.54, 1.807) is 24.3 Å². The smallest absolute Gasteiger partial charge is 0.287 e. The number of nitrogens with zero attached hydrogens (tertiary/aromatic N) is 2. The first-order chi connectivity index (χ1) is 14.4. The number of benzene rings is 2. The van der Waals surface area contributed by atoms with Gasteiger partial charge in [0.2, 0.25) is 0 Å². The monoisotopic (exact) mass is 410 g/mol. The average molecular weight is 410 g/mol. The van der Waals surface area contributed by atoms with E-state index in [2.05, 4.69) is 15.3 Å². The maximum atomic E-state index is 13.6. The maximum Gasteiger partial charge on any atom is 0.287 e. The van der Waals surface area contributed by atoms with Gasteiger partial charge in [-0.2, -0.15) is 0 Å². The number of imide groups is 1. The number of aromatic amines is 1. The first kappa shape index (κ1) is 19.4. The molecule has 0 spiro atoms. The number of carbonyl (C=O) groups is 3. The summed E-state index contributed by atoms with van der Waals surface area (Å²) in [5.74, 6) is -3.47. The molecule has 152 valence electrons. The van der Waals surface area contributed by atoms with Crippen molar-refractivity contribution in [1.82, 2.24) is 20.2 Å². The molecule has 30 heavy (non-hydrogen) atoms. The Bertz CT molecular complexity index is 1100. The molecule has 3 amide bonds. The zero-order chi connectivity index (χ0) is 21.3. The molecule has 2 aromatic carbocycles. The van der Waals surface area contributed by atoms with E-state index >= 15 is 0 Å². The zero-order valence-electron chi connectivity index (χ0n) is 15.6. The van der Waals surface area contributed by atoms with Crippen LogP contribution in [0.25, 0.3) is 0 Å². The minimum atomic E-state index is -1.02. The average Bonchev–Trinajstić information content (AvgIpc) is 3.35. The van der Waals surface area contributed by atoms with Gasteiger partial charge in [-0.3, -0.25) is 19.3 Å². The topological polar surface area (TPSA) is 95.2 Å². The third-order valence-corrected chi connectivity index (χ3v) is 4.80. The number of fused-ring (bicyclic) bond motifs is 1. The van der Waals surface area contributed by atoms with Crippen molar-refractivity contribution >= 4 is 17.7 Å². The van der Waals surface area contributed by atoms with Gasteiger partial charge in [0.15, 0.2) is 17.5 Å². The van der Waals surface area contributed by atoms with Crippen LogP contribution in [-0.2, 0) is 6.42 Å². The Hall–Kier alpha value is -3.88. The quantitative estimate of drug-likeness (QED) is 0.610. The number of aromatic nitrogens is 2. The molecule has 1 atom stereocenters. The summed E-state index contributed by atoms with van der Waals surface area (Å²) in [6, 6.07) is 9.06. The summed E-state index contributed by atoms with van der Waals surface area (Å²) in [5.41, 5.74) is 0.966. The number of hydrogen-bond donors (Lipinski definition) is 2. The van der Waals surface area contributed by atoms with Gasteiger partial charge in [-0.25, -0.2) is 13.8 Å². The number of imidazole rings is 1. The molecule has 3 aromatic rings. The zero-order valence-corrected chi connectivity index (χ0v) is 15.6. The number of H-pyrrole nitrogens is 1. The van der Waals surface area contributed by atoms with Crippen molar-refractivity contribution in [2.24, 2.45) is 0 Å². The van der Waals surface area contributed by atoms with Gasteiger partial charge in [-0.05, 0) is 36.2 Å². The molecule has 1 aliphatic rings. The SMILES string of the molecule is O=C(N[C@@H](Cc1ccc(F)c(F)c1)CN1C(=O)c2ccccc2C1=O)c1ncc[nH]1. The van der Waals surface area contributed by atoms with Crippen molar-refractivity contribution in [1.29, 1.82) is 0 Å². The van der Waals surface area contributed by atoms with Crippen molar-refractivity contribution in [2.45, 2.75) is 12.5 Å². The number of carbonyl (C=O) groups excluding carboxylic acids is 3. The summed E-state index contributed by atoms with van der Waals surface area (Å²) < 4.78 is 26.9. The van der Waals surface area contributed by atoms with Gasteiger partial charge in [0.05, 0.1) is 17.2 Å². The first-order valence-electron chi connectivity index (χ1n) is 9.13. The Kier molecular flexibility index (Phi) is 5.09. The van der Waals surface area contributed by atoms with Gasteiger partial charge in [0, 0.05) is 18.9 Å². The molecule has 0 saturated heterocycles. The van der Waals surface area contributed by atoms with E-state index in [0.717, 1.165) is 17.0 Å². The summed E-state index contributed by atoms with van der Waals surface area (Å²) in [7, 11) is 0. The van der Waals surface area contributed by atoms with Crippen molar-refractivity contribution in [2.75, 3.05) is 6.54 Å². The largest absolute Gasteiger partial charge is 0.345 e. The van der Waals surface area contributed by atoms with Crippen LogP contribution < -0.4 is 5.32 Å². The molecule has 2 N–H and O–H groups in total. The minimum Gasteiger partial charge on any atom is -0.345 e. The minimum absolute atomic E-state index is 0.0487. The van der Waals surface area contributed by atoms with Crippen molar-refractivity contribution in [3.63, 3.8) is 0 Å². The lowest BCUT2D eigenvalue weighted by molar-refractivity contribution is 0.0628. The molecule has 7 nitrogen and oxygen atoms in total. The molecule has 9 heteroatoms. The first-order valence-corrected chi connectivity index (χ1v) is 9.13. The Morgan fingerprint density at radius 1 is 1.07 bits per heavy atom. The van der Waals surface area contributed by atoms with Crippen molar-refractivity contribution in [3.05, 3.63) is 89.0 Å². The molecular formula is C21H16F2N4O3. The number of amides is 3. The van der Waals surface area contributed by atoms with Gasteiger partial charge >= 0.3 is 0 Å². The number of rotatable bonds is 6. The highest BCUT2D eigenvalue weighted by Gasteiger charge is 2.36. The van der Waals surface area contributed by atoms with Crippen LogP contribution in [0, 0.1) is 11.6 Å². The molecule has 4 rings (SSSR count). The van der Waals surface area contributed by atoms with E-state index in [9.17, 15) is 23.2 Å².